The van der Waals surface area contributed by atoms with Gasteiger partial charge in [0.1, 0.15) is 28.1 Å². The SMILES string of the molecule is C=CC(=O)N1CCN(c2nc(=O)n(-c3c(C)cccc3S(N)(=O)=O)c3cc(-c4c(O)cccc4F)c(F)cc23)[C@@H](C)C1. The van der Waals surface area contributed by atoms with Gasteiger partial charge >= 0.3 is 5.69 Å². The van der Waals surface area contributed by atoms with Crippen molar-refractivity contribution >= 4 is 32.7 Å². The van der Waals surface area contributed by atoms with Gasteiger partial charge in [-0.05, 0) is 55.8 Å². The van der Waals surface area contributed by atoms with E-state index >= 15 is 4.39 Å². The summed E-state index contributed by atoms with van der Waals surface area (Å²) in [6.45, 7) is 7.69. The van der Waals surface area contributed by atoms with Crippen molar-refractivity contribution in [2.75, 3.05) is 24.5 Å². The summed E-state index contributed by atoms with van der Waals surface area (Å²) in [5, 5.41) is 16.0. The Morgan fingerprint density at radius 2 is 1.86 bits per heavy atom. The second-order valence-electron chi connectivity index (χ2n) is 10.0. The number of aromatic hydroxyl groups is 1. The lowest BCUT2D eigenvalue weighted by atomic mass is 10.0. The molecule has 0 aliphatic carbocycles. The summed E-state index contributed by atoms with van der Waals surface area (Å²) in [5.74, 6) is -2.52. The number of hydrogen-bond acceptors (Lipinski definition) is 7. The molecule has 3 aromatic carbocycles. The number of anilines is 1. The number of benzene rings is 3. The van der Waals surface area contributed by atoms with E-state index < -0.39 is 38.7 Å². The smallest absolute Gasteiger partial charge is 0.354 e. The molecule has 1 atom stereocenters. The van der Waals surface area contributed by atoms with Gasteiger partial charge < -0.3 is 14.9 Å². The molecule has 13 heteroatoms. The second kappa shape index (κ2) is 10.7. The first-order chi connectivity index (χ1) is 19.8. The number of carbonyl (C=O) groups is 1. The topological polar surface area (TPSA) is 139 Å². The Kier molecular flexibility index (Phi) is 7.33. The van der Waals surface area contributed by atoms with Crippen LogP contribution in [-0.4, -0.2) is 59.6 Å². The van der Waals surface area contributed by atoms with E-state index in [9.17, 15) is 27.5 Å². The lowest BCUT2D eigenvalue weighted by molar-refractivity contribution is -0.126. The number of aromatic nitrogens is 2. The quantitative estimate of drug-likeness (QED) is 0.338. The highest BCUT2D eigenvalue weighted by Crippen LogP contribution is 2.38. The van der Waals surface area contributed by atoms with Gasteiger partial charge in [-0.1, -0.05) is 24.8 Å². The minimum Gasteiger partial charge on any atom is -0.507 e. The number of phenolic OH excluding ortho intramolecular Hbond substituents is 1. The number of rotatable bonds is 5. The van der Waals surface area contributed by atoms with E-state index in [4.69, 9.17) is 5.14 Å². The molecule has 1 aliphatic heterocycles. The average molecular weight is 596 g/mol. The van der Waals surface area contributed by atoms with Gasteiger partial charge in [-0.25, -0.2) is 27.1 Å². The highest BCUT2D eigenvalue weighted by atomic mass is 32.2. The van der Waals surface area contributed by atoms with Gasteiger partial charge in [-0.3, -0.25) is 9.36 Å². The number of sulfonamides is 1. The van der Waals surface area contributed by atoms with Crippen LogP contribution >= 0.6 is 0 Å². The number of amides is 1. The van der Waals surface area contributed by atoms with Crippen LogP contribution in [0.4, 0.5) is 14.6 Å². The standard InChI is InChI=1S/C29H27F2N5O5S/c1-4-25(38)34-11-12-35(17(3)15-34)28-19-13-21(31)18(26-20(30)8-6-9-23(26)37)14-22(19)36(29(39)33-28)27-16(2)7-5-10-24(27)42(32,40)41/h4-10,13-14,17,37H,1,11-12,15H2,2-3H3,(H2,32,40,41)/t17-/m0/s1. The number of nitrogens with zero attached hydrogens (tertiary/aromatic N) is 4. The highest BCUT2D eigenvalue weighted by molar-refractivity contribution is 7.89. The molecule has 2 heterocycles. The molecule has 3 N–H and O–H groups in total. The van der Waals surface area contributed by atoms with Crippen LogP contribution in [0.5, 0.6) is 5.75 Å². The number of aryl methyl sites for hydroxylation is 1. The first-order valence-electron chi connectivity index (χ1n) is 12.9. The predicted octanol–water partition coefficient (Wildman–Crippen LogP) is 3.22. The zero-order valence-corrected chi connectivity index (χ0v) is 23.5. The van der Waals surface area contributed by atoms with Crippen molar-refractivity contribution in [3.05, 3.63) is 88.9 Å². The molecular weight excluding hydrogens is 568 g/mol. The number of hydrogen-bond donors (Lipinski definition) is 2. The summed E-state index contributed by atoms with van der Waals surface area (Å²) >= 11 is 0. The van der Waals surface area contributed by atoms with Crippen LogP contribution in [0.15, 0.2) is 70.9 Å². The molecule has 42 heavy (non-hydrogen) atoms. The summed E-state index contributed by atoms with van der Waals surface area (Å²) < 4.78 is 56.9. The molecule has 218 valence electrons. The lowest BCUT2D eigenvalue weighted by Crippen LogP contribution is -2.54. The Morgan fingerprint density at radius 3 is 2.50 bits per heavy atom. The number of carbonyl (C=O) groups excluding carboxylic acids is 1. The van der Waals surface area contributed by atoms with Crippen LogP contribution in [0.3, 0.4) is 0 Å². The van der Waals surface area contributed by atoms with Crippen molar-refractivity contribution in [1.82, 2.24) is 14.5 Å². The maximum absolute atomic E-state index is 15.8. The molecule has 1 fully saturated rings. The van der Waals surface area contributed by atoms with E-state index in [2.05, 4.69) is 11.6 Å². The summed E-state index contributed by atoms with van der Waals surface area (Å²) in [5.41, 5.74) is -1.44. The fourth-order valence-corrected chi connectivity index (χ4v) is 6.18. The third-order valence-corrected chi connectivity index (χ3v) is 8.28. The molecule has 1 aliphatic rings. The maximum Gasteiger partial charge on any atom is 0.354 e. The molecular formula is C29H27F2N5O5S. The van der Waals surface area contributed by atoms with Crippen molar-refractivity contribution in [1.29, 1.82) is 0 Å². The van der Waals surface area contributed by atoms with Crippen molar-refractivity contribution < 1.29 is 27.1 Å². The molecule has 1 amide bonds. The summed E-state index contributed by atoms with van der Waals surface area (Å²) in [7, 11) is -4.35. The summed E-state index contributed by atoms with van der Waals surface area (Å²) in [6, 6.07) is 9.65. The van der Waals surface area contributed by atoms with Crippen LogP contribution in [-0.2, 0) is 14.8 Å². The third kappa shape index (κ3) is 4.90. The summed E-state index contributed by atoms with van der Waals surface area (Å²) in [6.07, 6.45) is 1.21. The van der Waals surface area contributed by atoms with Gasteiger partial charge in [-0.15, -0.1) is 0 Å². The van der Waals surface area contributed by atoms with Gasteiger partial charge in [0.15, 0.2) is 0 Å². The lowest BCUT2D eigenvalue weighted by Gasteiger charge is -2.40. The van der Waals surface area contributed by atoms with E-state index in [0.717, 1.165) is 16.7 Å². The van der Waals surface area contributed by atoms with Gasteiger partial charge in [-0.2, -0.15) is 4.98 Å². The van der Waals surface area contributed by atoms with Crippen molar-refractivity contribution in [2.24, 2.45) is 5.14 Å². The number of fused-ring (bicyclic) bond motifs is 1. The second-order valence-corrected chi connectivity index (χ2v) is 11.6. The van der Waals surface area contributed by atoms with Gasteiger partial charge in [0.05, 0.1) is 16.8 Å². The summed E-state index contributed by atoms with van der Waals surface area (Å²) in [4.78, 5) is 33.2. The maximum atomic E-state index is 15.8. The van der Waals surface area contributed by atoms with Gasteiger partial charge in [0.25, 0.3) is 0 Å². The Balaban J connectivity index is 1.86. The largest absolute Gasteiger partial charge is 0.507 e. The Hall–Kier alpha value is -4.62. The molecule has 0 radical (unpaired) electrons. The zero-order chi connectivity index (χ0) is 30.5. The Labute approximate surface area is 240 Å². The highest BCUT2D eigenvalue weighted by Gasteiger charge is 2.31. The fourth-order valence-electron chi connectivity index (χ4n) is 5.39. The van der Waals surface area contributed by atoms with E-state index in [1.807, 2.05) is 6.92 Å². The van der Waals surface area contributed by atoms with E-state index in [0.29, 0.717) is 5.56 Å². The monoisotopic (exact) mass is 595 g/mol. The van der Waals surface area contributed by atoms with Crippen LogP contribution in [0.1, 0.15) is 12.5 Å². The fraction of sp³-hybridized carbons (Fsp3) is 0.207. The van der Waals surface area contributed by atoms with Crippen molar-refractivity contribution in [3.63, 3.8) is 0 Å². The Morgan fingerprint density at radius 1 is 1.14 bits per heavy atom. The van der Waals surface area contributed by atoms with E-state index in [-0.39, 0.29) is 64.5 Å². The van der Waals surface area contributed by atoms with Crippen LogP contribution < -0.4 is 15.7 Å². The first kappa shape index (κ1) is 28.9. The van der Waals surface area contributed by atoms with Gasteiger partial charge in [0.2, 0.25) is 15.9 Å². The number of halogens is 2. The minimum atomic E-state index is -4.35. The number of piperazine rings is 1. The molecule has 1 saturated heterocycles. The van der Waals surface area contributed by atoms with Crippen molar-refractivity contribution in [3.8, 4) is 22.6 Å². The number of primary sulfonamides is 1. The molecule has 0 bridgehead atoms. The molecule has 4 aromatic rings. The third-order valence-electron chi connectivity index (χ3n) is 7.34. The molecule has 1 aromatic heterocycles. The Bertz CT molecular complexity index is 1920. The average Bonchev–Trinajstić information content (AvgIpc) is 2.92. The molecule has 5 rings (SSSR count). The number of para-hydroxylation sites is 1. The number of phenols is 1. The first-order valence-corrected chi connectivity index (χ1v) is 14.4. The zero-order valence-electron chi connectivity index (χ0n) is 22.7. The van der Waals surface area contributed by atoms with Gasteiger partial charge in [0, 0.05) is 36.6 Å². The molecule has 10 nitrogen and oxygen atoms in total. The van der Waals surface area contributed by atoms with Crippen LogP contribution in [0.25, 0.3) is 27.7 Å². The van der Waals surface area contributed by atoms with E-state index in [1.54, 1.807) is 22.8 Å². The normalized spacial score (nSPS) is 15.7. The molecule has 0 unspecified atom stereocenters. The predicted molar refractivity (Wildman–Crippen MR) is 154 cm³/mol. The van der Waals surface area contributed by atoms with Crippen LogP contribution in [0.2, 0.25) is 0 Å². The van der Waals surface area contributed by atoms with Crippen LogP contribution in [0, 0.1) is 18.6 Å². The number of nitrogens with two attached hydrogens (primary N) is 1. The van der Waals surface area contributed by atoms with E-state index in [1.165, 1.54) is 36.4 Å². The van der Waals surface area contributed by atoms with Crippen molar-refractivity contribution in [2.45, 2.75) is 24.8 Å². The molecule has 0 saturated carbocycles. The molecule has 0 spiro atoms. The minimum absolute atomic E-state index is 0.0000468.